The number of benzene rings is 1. The van der Waals surface area contributed by atoms with Gasteiger partial charge in [0, 0.05) is 18.4 Å². The van der Waals surface area contributed by atoms with Gasteiger partial charge in [-0.3, -0.25) is 14.7 Å². The lowest BCUT2D eigenvalue weighted by Gasteiger charge is -2.32. The summed E-state index contributed by atoms with van der Waals surface area (Å²) in [7, 11) is 0. The number of aromatic nitrogens is 2. The maximum Gasteiger partial charge on any atom is 0.254 e. The Balaban J connectivity index is 1.65. The Morgan fingerprint density at radius 3 is 2.75 bits per heavy atom. The van der Waals surface area contributed by atoms with Gasteiger partial charge in [0.2, 0.25) is 5.91 Å². The maximum atomic E-state index is 12.2. The Morgan fingerprint density at radius 1 is 1.29 bits per heavy atom. The number of carbonyl (C=O) groups is 2. The molecule has 0 aliphatic carbocycles. The third-order valence-electron chi connectivity index (χ3n) is 3.81. The molecule has 1 fully saturated rings. The van der Waals surface area contributed by atoms with Crippen molar-refractivity contribution in [1.29, 1.82) is 0 Å². The van der Waals surface area contributed by atoms with Crippen LogP contribution in [0, 0.1) is 0 Å². The molecule has 1 aliphatic heterocycles. The molecule has 8 nitrogen and oxygen atoms in total. The van der Waals surface area contributed by atoms with Gasteiger partial charge in [-0.1, -0.05) is 0 Å². The summed E-state index contributed by atoms with van der Waals surface area (Å²) in [4.78, 5) is 23.3. The van der Waals surface area contributed by atoms with Crippen LogP contribution in [0.15, 0.2) is 36.7 Å². The van der Waals surface area contributed by atoms with Crippen molar-refractivity contribution in [3.63, 3.8) is 0 Å². The predicted molar refractivity (Wildman–Crippen MR) is 84.7 cm³/mol. The summed E-state index contributed by atoms with van der Waals surface area (Å²) in [6.07, 6.45) is 3.32. The summed E-state index contributed by atoms with van der Waals surface area (Å²) in [5.74, 6) is -0.126. The third-order valence-corrected chi connectivity index (χ3v) is 3.81. The van der Waals surface area contributed by atoms with Gasteiger partial charge in [-0.2, -0.15) is 5.10 Å². The lowest BCUT2D eigenvalue weighted by molar-refractivity contribution is -0.0135. The highest BCUT2D eigenvalue weighted by Crippen LogP contribution is 2.19. The third kappa shape index (κ3) is 3.72. The van der Waals surface area contributed by atoms with Crippen molar-refractivity contribution >= 4 is 11.8 Å². The first-order chi connectivity index (χ1) is 11.6. The number of aromatic amines is 1. The molecule has 1 aliphatic rings. The zero-order chi connectivity index (χ0) is 16.9. The van der Waals surface area contributed by atoms with E-state index in [1.165, 1.54) is 12.4 Å². The van der Waals surface area contributed by atoms with Gasteiger partial charge >= 0.3 is 0 Å². The number of rotatable bonds is 5. The van der Waals surface area contributed by atoms with Crippen molar-refractivity contribution in [3.05, 3.63) is 47.8 Å². The molecule has 24 heavy (non-hydrogen) atoms. The number of H-pyrrole nitrogens is 1. The highest BCUT2D eigenvalue weighted by atomic mass is 16.5. The van der Waals surface area contributed by atoms with Gasteiger partial charge in [0.15, 0.2) is 0 Å². The summed E-state index contributed by atoms with van der Waals surface area (Å²) in [6, 6.07) is 6.35. The second-order valence-corrected chi connectivity index (χ2v) is 5.48. The monoisotopic (exact) mass is 330 g/mol. The Kier molecular flexibility index (Phi) is 4.76. The first-order valence-corrected chi connectivity index (χ1v) is 7.57. The number of amides is 2. The molecule has 3 rings (SSSR count). The fraction of sp³-hybridized carbons (Fsp3) is 0.312. The molecule has 2 heterocycles. The fourth-order valence-corrected chi connectivity index (χ4v) is 2.49. The molecule has 4 N–H and O–H groups in total. The number of nitrogens with one attached hydrogen (secondary N) is 2. The van der Waals surface area contributed by atoms with Crippen LogP contribution in [-0.2, 0) is 4.74 Å². The van der Waals surface area contributed by atoms with E-state index in [1.807, 2.05) is 0 Å². The molecule has 2 aromatic rings. The van der Waals surface area contributed by atoms with Crippen LogP contribution in [0.4, 0.5) is 0 Å². The Labute approximate surface area is 138 Å². The van der Waals surface area contributed by atoms with Gasteiger partial charge in [-0.05, 0) is 30.7 Å². The SMILES string of the molecule is NC(=O)c1ccc(OC2COCCC2NC(=O)c2cn[nH]c2)cc1. The standard InChI is InChI=1S/C16H18N4O4/c17-15(21)10-1-3-12(4-2-10)24-14-9-23-6-5-13(14)20-16(22)11-7-18-19-8-11/h1-4,7-8,13-14H,5-6,9H2,(H2,17,21)(H,18,19)(H,20,22). The van der Waals surface area contributed by atoms with Crippen molar-refractivity contribution in [3.8, 4) is 5.75 Å². The molecular formula is C16H18N4O4. The molecule has 0 bridgehead atoms. The molecule has 2 atom stereocenters. The van der Waals surface area contributed by atoms with Crippen LogP contribution in [0.25, 0.3) is 0 Å². The lowest BCUT2D eigenvalue weighted by Crippen LogP contribution is -2.51. The first kappa shape index (κ1) is 16.0. The zero-order valence-electron chi connectivity index (χ0n) is 12.9. The van der Waals surface area contributed by atoms with Crippen LogP contribution in [0.2, 0.25) is 0 Å². The second kappa shape index (κ2) is 7.14. The van der Waals surface area contributed by atoms with E-state index in [-0.39, 0.29) is 18.1 Å². The van der Waals surface area contributed by atoms with E-state index in [9.17, 15) is 9.59 Å². The minimum atomic E-state index is -0.493. The van der Waals surface area contributed by atoms with Crippen molar-refractivity contribution in [2.45, 2.75) is 18.6 Å². The van der Waals surface area contributed by atoms with E-state index in [0.717, 1.165) is 0 Å². The molecule has 126 valence electrons. The molecule has 2 amide bonds. The Morgan fingerprint density at radius 2 is 2.08 bits per heavy atom. The number of hydrogen-bond donors (Lipinski definition) is 3. The molecule has 2 unspecified atom stereocenters. The van der Waals surface area contributed by atoms with Gasteiger partial charge in [-0.25, -0.2) is 0 Å². The van der Waals surface area contributed by atoms with Gasteiger partial charge in [0.05, 0.1) is 24.4 Å². The molecule has 0 saturated carbocycles. The molecule has 1 saturated heterocycles. The van der Waals surface area contributed by atoms with Crippen molar-refractivity contribution in [2.75, 3.05) is 13.2 Å². The average Bonchev–Trinajstić information content (AvgIpc) is 3.12. The van der Waals surface area contributed by atoms with Crippen molar-refractivity contribution < 1.29 is 19.1 Å². The summed E-state index contributed by atoms with van der Waals surface area (Å²) < 4.78 is 11.4. The summed E-state index contributed by atoms with van der Waals surface area (Å²) in [5.41, 5.74) is 6.09. The predicted octanol–water partition coefficient (Wildman–Crippen LogP) is 0.475. The van der Waals surface area contributed by atoms with Crippen LogP contribution in [0.3, 0.4) is 0 Å². The zero-order valence-corrected chi connectivity index (χ0v) is 12.9. The van der Waals surface area contributed by atoms with Gasteiger partial charge in [0.25, 0.3) is 5.91 Å². The molecule has 1 aromatic heterocycles. The normalized spacial score (nSPS) is 20.3. The number of hydrogen-bond acceptors (Lipinski definition) is 5. The maximum absolute atomic E-state index is 12.2. The number of nitrogens with zero attached hydrogens (tertiary/aromatic N) is 1. The van der Waals surface area contributed by atoms with Gasteiger partial charge in [0.1, 0.15) is 11.9 Å². The average molecular weight is 330 g/mol. The number of nitrogens with two attached hydrogens (primary N) is 1. The van der Waals surface area contributed by atoms with Gasteiger partial charge in [-0.15, -0.1) is 0 Å². The van der Waals surface area contributed by atoms with Crippen LogP contribution in [-0.4, -0.2) is 47.4 Å². The number of carbonyl (C=O) groups excluding carboxylic acids is 2. The fourth-order valence-electron chi connectivity index (χ4n) is 2.49. The topological polar surface area (TPSA) is 119 Å². The number of ether oxygens (including phenoxy) is 2. The molecule has 0 radical (unpaired) electrons. The van der Waals surface area contributed by atoms with E-state index in [1.54, 1.807) is 24.3 Å². The van der Waals surface area contributed by atoms with E-state index < -0.39 is 5.91 Å². The van der Waals surface area contributed by atoms with E-state index in [2.05, 4.69) is 15.5 Å². The summed E-state index contributed by atoms with van der Waals surface area (Å²) in [6.45, 7) is 0.921. The van der Waals surface area contributed by atoms with Crippen LogP contribution >= 0.6 is 0 Å². The van der Waals surface area contributed by atoms with Crippen molar-refractivity contribution in [2.24, 2.45) is 5.73 Å². The largest absolute Gasteiger partial charge is 0.486 e. The lowest BCUT2D eigenvalue weighted by atomic mass is 10.1. The van der Waals surface area contributed by atoms with E-state index >= 15 is 0 Å². The minimum absolute atomic E-state index is 0.183. The Bertz CT molecular complexity index is 699. The van der Waals surface area contributed by atoms with Crippen molar-refractivity contribution in [1.82, 2.24) is 15.5 Å². The molecule has 0 spiro atoms. The summed E-state index contributed by atoms with van der Waals surface area (Å²) >= 11 is 0. The second-order valence-electron chi connectivity index (χ2n) is 5.48. The highest BCUT2D eigenvalue weighted by Gasteiger charge is 2.29. The molecule has 1 aromatic carbocycles. The van der Waals surface area contributed by atoms with Crippen LogP contribution in [0.1, 0.15) is 27.1 Å². The quantitative estimate of drug-likeness (QED) is 0.736. The molecular weight excluding hydrogens is 312 g/mol. The van der Waals surface area contributed by atoms with E-state index in [0.29, 0.717) is 36.5 Å². The van der Waals surface area contributed by atoms with Gasteiger partial charge < -0.3 is 20.5 Å². The number of primary amides is 1. The van der Waals surface area contributed by atoms with Crippen LogP contribution in [0.5, 0.6) is 5.75 Å². The first-order valence-electron chi connectivity index (χ1n) is 7.57. The summed E-state index contributed by atoms with van der Waals surface area (Å²) in [5, 5.41) is 9.32. The Hall–Kier alpha value is -2.87. The van der Waals surface area contributed by atoms with E-state index in [4.69, 9.17) is 15.2 Å². The molecule has 8 heteroatoms. The smallest absolute Gasteiger partial charge is 0.254 e. The van der Waals surface area contributed by atoms with Crippen LogP contribution < -0.4 is 15.8 Å². The highest BCUT2D eigenvalue weighted by molar-refractivity contribution is 5.94. The minimum Gasteiger partial charge on any atom is -0.486 e.